The van der Waals surface area contributed by atoms with E-state index >= 15 is 0 Å². The summed E-state index contributed by atoms with van der Waals surface area (Å²) in [4.78, 5) is 10.3. The van der Waals surface area contributed by atoms with Crippen molar-refractivity contribution < 1.29 is 24.9 Å². The van der Waals surface area contributed by atoms with E-state index in [0.29, 0.717) is 30.4 Å². The van der Waals surface area contributed by atoms with Gasteiger partial charge in [-0.3, -0.25) is 4.79 Å². The highest BCUT2D eigenvalue weighted by atomic mass is 16.4. The van der Waals surface area contributed by atoms with E-state index in [1.54, 1.807) is 24.3 Å². The van der Waals surface area contributed by atoms with Crippen molar-refractivity contribution >= 4 is 31.4 Å². The molecule has 0 spiro atoms. The molecule has 0 saturated heterocycles. The van der Waals surface area contributed by atoms with Gasteiger partial charge in [-0.25, -0.2) is 0 Å². The molecule has 7 nitrogen and oxygen atoms in total. The van der Waals surface area contributed by atoms with Crippen molar-refractivity contribution in [2.75, 3.05) is 0 Å². The van der Waals surface area contributed by atoms with Crippen molar-refractivity contribution in [1.82, 2.24) is 5.32 Å². The van der Waals surface area contributed by atoms with Gasteiger partial charge in [0.2, 0.25) is 0 Å². The Morgan fingerprint density at radius 1 is 0.622 bits per heavy atom. The average molecular weight is 498 g/mol. The van der Waals surface area contributed by atoms with Gasteiger partial charge >= 0.3 is 14.2 Å². The predicted octanol–water partition coefficient (Wildman–Crippen LogP) is 0.980. The third kappa shape index (κ3) is 10.9. The fourth-order valence-electron chi connectivity index (χ4n) is 3.35. The van der Waals surface area contributed by atoms with Gasteiger partial charge in [-0.1, -0.05) is 109 Å². The van der Waals surface area contributed by atoms with E-state index in [2.05, 4.69) is 17.4 Å². The number of carbonyl (C=O) groups is 1. The summed E-state index contributed by atoms with van der Waals surface area (Å²) in [5.74, 6) is 0. The Balaban J connectivity index is 0.000000215. The zero-order valence-corrected chi connectivity index (χ0v) is 20.5. The molecule has 4 rings (SSSR count). The molecule has 0 saturated carbocycles. The quantitative estimate of drug-likeness (QED) is 0.158. The molecule has 0 unspecified atom stereocenters. The SMILES string of the molecule is NCc1ccccc1.O=Cc1ccccc1B(O)O.OB(O)c1ccccc1CNCc1ccccc1. The van der Waals surface area contributed by atoms with Gasteiger partial charge in [0.05, 0.1) is 0 Å². The van der Waals surface area contributed by atoms with Crippen LogP contribution in [0.1, 0.15) is 27.0 Å². The van der Waals surface area contributed by atoms with Crippen LogP contribution in [-0.4, -0.2) is 40.6 Å². The molecule has 0 atom stereocenters. The monoisotopic (exact) mass is 498 g/mol. The van der Waals surface area contributed by atoms with E-state index in [1.807, 2.05) is 60.7 Å². The van der Waals surface area contributed by atoms with E-state index in [4.69, 9.17) is 15.8 Å². The first-order chi connectivity index (χ1) is 18.0. The number of rotatable bonds is 8. The Morgan fingerprint density at radius 2 is 1.11 bits per heavy atom. The fourth-order valence-corrected chi connectivity index (χ4v) is 3.35. The Bertz CT molecular complexity index is 1180. The van der Waals surface area contributed by atoms with Gasteiger partial charge in [-0.05, 0) is 27.6 Å². The van der Waals surface area contributed by atoms with Crippen molar-refractivity contribution in [3.8, 4) is 0 Å². The second-order valence-corrected chi connectivity index (χ2v) is 7.97. The van der Waals surface area contributed by atoms with Crippen LogP contribution in [0.2, 0.25) is 0 Å². The third-order valence-corrected chi connectivity index (χ3v) is 5.30. The number of nitrogens with one attached hydrogen (secondary N) is 1. The number of hydrogen-bond donors (Lipinski definition) is 6. The Kier molecular flexibility index (Phi) is 13.6. The summed E-state index contributed by atoms with van der Waals surface area (Å²) in [6.45, 7) is 2.01. The summed E-state index contributed by atoms with van der Waals surface area (Å²) in [7, 11) is -2.99. The normalized spacial score (nSPS) is 9.76. The van der Waals surface area contributed by atoms with Crippen LogP contribution in [0.4, 0.5) is 0 Å². The molecule has 0 aliphatic rings. The molecule has 4 aromatic carbocycles. The number of hydrogen-bond acceptors (Lipinski definition) is 7. The van der Waals surface area contributed by atoms with E-state index in [-0.39, 0.29) is 5.46 Å². The molecule has 9 heteroatoms. The fraction of sp³-hybridized carbons (Fsp3) is 0.107. The maximum Gasteiger partial charge on any atom is 0.489 e. The van der Waals surface area contributed by atoms with E-state index < -0.39 is 14.2 Å². The lowest BCUT2D eigenvalue weighted by Crippen LogP contribution is -2.34. The molecule has 37 heavy (non-hydrogen) atoms. The minimum Gasteiger partial charge on any atom is -0.423 e. The summed E-state index contributed by atoms with van der Waals surface area (Å²) in [6, 6.07) is 33.7. The molecule has 190 valence electrons. The lowest BCUT2D eigenvalue weighted by Gasteiger charge is -2.10. The van der Waals surface area contributed by atoms with E-state index in [9.17, 15) is 14.8 Å². The molecular weight excluding hydrogens is 466 g/mol. The van der Waals surface area contributed by atoms with Gasteiger partial charge in [0, 0.05) is 25.2 Å². The average Bonchev–Trinajstić information content (AvgIpc) is 2.95. The molecule has 0 bridgehead atoms. The van der Waals surface area contributed by atoms with Gasteiger partial charge in [-0.2, -0.15) is 0 Å². The maximum atomic E-state index is 10.3. The minimum atomic E-state index is -1.57. The first-order valence-electron chi connectivity index (χ1n) is 11.8. The van der Waals surface area contributed by atoms with Gasteiger partial charge in [0.25, 0.3) is 0 Å². The van der Waals surface area contributed by atoms with Crippen LogP contribution < -0.4 is 22.0 Å². The summed E-state index contributed by atoms with van der Waals surface area (Å²) in [6.07, 6.45) is 0.592. The van der Waals surface area contributed by atoms with Crippen molar-refractivity contribution in [3.63, 3.8) is 0 Å². The minimum absolute atomic E-state index is 0.238. The zero-order chi connectivity index (χ0) is 26.9. The van der Waals surface area contributed by atoms with Crippen LogP contribution in [0.5, 0.6) is 0 Å². The molecule has 0 aromatic heterocycles. The van der Waals surface area contributed by atoms with E-state index in [0.717, 1.165) is 12.1 Å². The molecule has 0 heterocycles. The number of carbonyl (C=O) groups excluding carboxylic acids is 1. The van der Waals surface area contributed by atoms with E-state index in [1.165, 1.54) is 23.3 Å². The standard InChI is InChI=1S/C14H16BNO2.C7H7BO3.C7H9N/c17-15(18)14-9-5-4-8-13(14)11-16-10-12-6-2-1-3-7-12;9-5-6-3-1-2-4-7(6)8(10)11;8-6-7-4-2-1-3-5-7/h1-9,16-18H,10-11H2;1-5,10-11H;1-5H,6,8H2. The van der Waals surface area contributed by atoms with Crippen LogP contribution in [0.25, 0.3) is 0 Å². The van der Waals surface area contributed by atoms with Gasteiger partial charge in [0.15, 0.2) is 0 Å². The molecule has 0 aliphatic carbocycles. The third-order valence-electron chi connectivity index (χ3n) is 5.30. The topological polar surface area (TPSA) is 136 Å². The highest BCUT2D eigenvalue weighted by Crippen LogP contribution is 2.00. The number of aldehydes is 1. The van der Waals surface area contributed by atoms with Crippen LogP contribution in [0, 0.1) is 0 Å². The van der Waals surface area contributed by atoms with Crippen LogP contribution in [0.15, 0.2) is 109 Å². The molecule has 0 amide bonds. The second kappa shape index (κ2) is 17.0. The molecule has 0 radical (unpaired) electrons. The largest absolute Gasteiger partial charge is 0.489 e. The predicted molar refractivity (Wildman–Crippen MR) is 149 cm³/mol. The summed E-state index contributed by atoms with van der Waals surface area (Å²) < 4.78 is 0. The molecule has 4 aromatic rings. The van der Waals surface area contributed by atoms with Gasteiger partial charge < -0.3 is 31.1 Å². The number of nitrogens with two attached hydrogens (primary N) is 1. The smallest absolute Gasteiger partial charge is 0.423 e. The van der Waals surface area contributed by atoms with Crippen molar-refractivity contribution in [2.45, 2.75) is 19.6 Å². The summed E-state index contributed by atoms with van der Waals surface area (Å²) in [5, 5.41) is 39.3. The summed E-state index contributed by atoms with van der Waals surface area (Å²) in [5.41, 5.74) is 9.75. The van der Waals surface area contributed by atoms with Crippen molar-refractivity contribution in [2.24, 2.45) is 5.73 Å². The lowest BCUT2D eigenvalue weighted by atomic mass is 9.77. The Labute approximate surface area is 218 Å². The maximum absolute atomic E-state index is 10.3. The van der Waals surface area contributed by atoms with Crippen LogP contribution in [0.3, 0.4) is 0 Å². The highest BCUT2D eigenvalue weighted by Gasteiger charge is 2.15. The first kappa shape index (κ1) is 29.7. The van der Waals surface area contributed by atoms with Gasteiger partial charge in [0.1, 0.15) is 6.29 Å². The van der Waals surface area contributed by atoms with Crippen molar-refractivity contribution in [3.05, 3.63) is 131 Å². The van der Waals surface area contributed by atoms with Crippen molar-refractivity contribution in [1.29, 1.82) is 0 Å². The van der Waals surface area contributed by atoms with Crippen LogP contribution >= 0.6 is 0 Å². The highest BCUT2D eigenvalue weighted by molar-refractivity contribution is 6.60. The molecule has 0 fully saturated rings. The van der Waals surface area contributed by atoms with Crippen LogP contribution in [-0.2, 0) is 19.6 Å². The number of benzene rings is 4. The molecule has 0 aliphatic heterocycles. The second-order valence-electron chi connectivity index (χ2n) is 7.97. The lowest BCUT2D eigenvalue weighted by molar-refractivity contribution is 0.112. The Hall–Kier alpha value is -3.56. The zero-order valence-electron chi connectivity index (χ0n) is 20.5. The summed E-state index contributed by atoms with van der Waals surface area (Å²) >= 11 is 0. The first-order valence-corrected chi connectivity index (χ1v) is 11.8. The van der Waals surface area contributed by atoms with Gasteiger partial charge in [-0.15, -0.1) is 0 Å². The Morgan fingerprint density at radius 3 is 1.59 bits per heavy atom. The molecule has 7 N–H and O–H groups in total. The molecular formula is C28H32B2N2O5.